The molecule has 3 aromatic rings. The maximum absolute atomic E-state index is 14.4. The summed E-state index contributed by atoms with van der Waals surface area (Å²) in [7, 11) is 4.24. The monoisotopic (exact) mass is 572 g/mol. The van der Waals surface area contributed by atoms with Crippen LogP contribution in [0.1, 0.15) is 48.3 Å². The Morgan fingerprint density at radius 1 is 0.927 bits per heavy atom. The molecule has 0 bridgehead atoms. The van der Waals surface area contributed by atoms with Crippen LogP contribution in [0, 0.1) is 25.7 Å². The molecule has 9 nitrogen and oxygen atoms in total. The fraction of sp³-hybridized carbons (Fsp3) is 0.290. The molecule has 0 unspecified atom stereocenters. The van der Waals surface area contributed by atoms with E-state index in [2.05, 4.69) is 0 Å². The highest BCUT2D eigenvalue weighted by molar-refractivity contribution is 7.17. The van der Waals surface area contributed by atoms with Gasteiger partial charge in [-0.15, -0.1) is 11.3 Å². The van der Waals surface area contributed by atoms with E-state index in [1.807, 2.05) is 42.2 Å². The molecule has 2 saturated heterocycles. The van der Waals surface area contributed by atoms with Crippen molar-refractivity contribution in [2.24, 2.45) is 11.8 Å². The number of ether oxygens (including phenoxy) is 3. The molecule has 210 valence electrons. The molecule has 2 fully saturated rings. The van der Waals surface area contributed by atoms with Gasteiger partial charge in [-0.2, -0.15) is 0 Å². The van der Waals surface area contributed by atoms with Crippen molar-refractivity contribution in [2.45, 2.75) is 25.9 Å². The molecule has 2 amide bonds. The molecule has 0 aliphatic carbocycles. The van der Waals surface area contributed by atoms with E-state index in [0.29, 0.717) is 17.1 Å². The first-order valence-corrected chi connectivity index (χ1v) is 13.9. The van der Waals surface area contributed by atoms with E-state index in [1.54, 1.807) is 31.3 Å². The summed E-state index contributed by atoms with van der Waals surface area (Å²) in [5, 5.41) is 0.229. The average molecular weight is 573 g/mol. The number of benzene rings is 2. The van der Waals surface area contributed by atoms with Crippen LogP contribution in [0.15, 0.2) is 48.7 Å². The number of carbonyl (C=O) groups is 4. The molecule has 4 atom stereocenters. The molecule has 4 heterocycles. The Morgan fingerprint density at radius 2 is 1.66 bits per heavy atom. The van der Waals surface area contributed by atoms with Gasteiger partial charge >= 0.3 is 5.97 Å². The number of imide groups is 1. The lowest BCUT2D eigenvalue weighted by Crippen LogP contribution is -2.44. The summed E-state index contributed by atoms with van der Waals surface area (Å²) < 4.78 is 15.9. The minimum atomic E-state index is -1.00. The number of amides is 2. The minimum absolute atomic E-state index is 0.190. The van der Waals surface area contributed by atoms with Gasteiger partial charge in [-0.25, -0.2) is 9.69 Å². The van der Waals surface area contributed by atoms with Gasteiger partial charge in [0.25, 0.3) is 0 Å². The van der Waals surface area contributed by atoms with E-state index < -0.39 is 41.7 Å². The van der Waals surface area contributed by atoms with Gasteiger partial charge in [0.05, 0.1) is 50.3 Å². The molecule has 1 aromatic heterocycles. The molecule has 2 aromatic carbocycles. The lowest BCUT2D eigenvalue weighted by molar-refractivity contribution is -0.123. The van der Waals surface area contributed by atoms with Crippen LogP contribution in [0.25, 0.3) is 6.08 Å². The third kappa shape index (κ3) is 3.81. The number of fused-ring (bicyclic) bond motifs is 5. The largest absolute Gasteiger partial charge is 0.497 e. The number of rotatable bonds is 6. The summed E-state index contributed by atoms with van der Waals surface area (Å²) in [5.74, 6) is -3.01. The van der Waals surface area contributed by atoms with Crippen LogP contribution in [0.2, 0.25) is 0 Å². The van der Waals surface area contributed by atoms with Gasteiger partial charge in [-0.3, -0.25) is 14.4 Å². The first-order chi connectivity index (χ1) is 19.7. The highest BCUT2D eigenvalue weighted by Crippen LogP contribution is 2.55. The number of anilines is 1. The van der Waals surface area contributed by atoms with Gasteiger partial charge in [0.2, 0.25) is 11.8 Å². The SMILES string of the molecule is COC(=O)c1c(N2C(=O)[C@@H]3[C@@H](C2=O)[C@H]2c4ccccc4C=CN2[C@@H]3C(=O)c2cc(OC)ccc2OC)sc(C)c1C. The second-order valence-corrected chi connectivity index (χ2v) is 11.4. The molecule has 0 radical (unpaired) electrons. The van der Waals surface area contributed by atoms with Crippen molar-refractivity contribution in [3.05, 3.63) is 81.4 Å². The maximum atomic E-state index is 14.4. The predicted molar refractivity (Wildman–Crippen MR) is 152 cm³/mol. The summed E-state index contributed by atoms with van der Waals surface area (Å²) in [6, 6.07) is 11.0. The predicted octanol–water partition coefficient (Wildman–Crippen LogP) is 4.57. The molecule has 0 spiro atoms. The summed E-state index contributed by atoms with van der Waals surface area (Å²) in [5.41, 5.74) is 2.86. The van der Waals surface area contributed by atoms with Crippen LogP contribution in [0.3, 0.4) is 0 Å². The summed E-state index contributed by atoms with van der Waals surface area (Å²) in [4.78, 5) is 59.6. The molecule has 3 aliphatic rings. The second-order valence-electron chi connectivity index (χ2n) is 10.2. The standard InChI is InChI=1S/C31H28N2O7S/c1-15-16(2)41-30(22(15)31(37)40-5)33-28(35)23-24(29(33)36)26(27(34)20-14-18(38-3)10-11-21(20)39-4)32-13-12-17-8-6-7-9-19(17)25(23)32/h6-14,23-26H,1-5H3/t23-,24-,25-,26+/m1/s1. The molecule has 0 N–H and O–H groups in total. The van der Waals surface area contributed by atoms with Gasteiger partial charge in [0.15, 0.2) is 5.78 Å². The van der Waals surface area contributed by atoms with Gasteiger partial charge in [-0.05, 0) is 54.8 Å². The van der Waals surface area contributed by atoms with Crippen molar-refractivity contribution in [3.63, 3.8) is 0 Å². The Kier molecular flexibility index (Phi) is 6.45. The topological polar surface area (TPSA) is 102 Å². The van der Waals surface area contributed by atoms with Gasteiger partial charge in [-0.1, -0.05) is 24.3 Å². The number of nitrogens with zero attached hydrogens (tertiary/aromatic N) is 2. The Balaban J connectivity index is 1.53. The van der Waals surface area contributed by atoms with Gasteiger partial charge in [0, 0.05) is 11.1 Å². The molecular formula is C31H28N2O7S. The van der Waals surface area contributed by atoms with Crippen molar-refractivity contribution >= 4 is 46.0 Å². The van der Waals surface area contributed by atoms with Crippen molar-refractivity contribution in [1.82, 2.24) is 4.90 Å². The molecular weight excluding hydrogens is 544 g/mol. The Bertz CT molecular complexity index is 1660. The fourth-order valence-electron chi connectivity index (χ4n) is 6.33. The van der Waals surface area contributed by atoms with E-state index in [-0.39, 0.29) is 21.9 Å². The van der Waals surface area contributed by atoms with E-state index in [0.717, 1.165) is 20.9 Å². The molecule has 0 saturated carbocycles. The third-order valence-electron chi connectivity index (χ3n) is 8.36. The zero-order valence-electron chi connectivity index (χ0n) is 23.2. The number of hydrogen-bond donors (Lipinski definition) is 0. The minimum Gasteiger partial charge on any atom is -0.497 e. The van der Waals surface area contributed by atoms with E-state index in [4.69, 9.17) is 14.2 Å². The quantitative estimate of drug-likeness (QED) is 0.241. The average Bonchev–Trinajstić information content (AvgIpc) is 3.58. The number of aryl methyl sites for hydroxylation is 1. The molecule has 3 aliphatic heterocycles. The Labute approximate surface area is 240 Å². The third-order valence-corrected chi connectivity index (χ3v) is 9.55. The van der Waals surface area contributed by atoms with Crippen molar-refractivity contribution in [3.8, 4) is 11.5 Å². The van der Waals surface area contributed by atoms with Crippen LogP contribution >= 0.6 is 11.3 Å². The zero-order chi connectivity index (χ0) is 29.2. The second kappa shape index (κ2) is 9.88. The lowest BCUT2D eigenvalue weighted by Gasteiger charge is -2.35. The fourth-order valence-corrected chi connectivity index (χ4v) is 7.49. The first kappa shape index (κ1) is 26.8. The molecule has 41 heavy (non-hydrogen) atoms. The number of carbonyl (C=O) groups excluding carboxylic acids is 4. The van der Waals surface area contributed by atoms with Gasteiger partial charge in [0.1, 0.15) is 22.5 Å². The van der Waals surface area contributed by atoms with Crippen LogP contribution in [0.4, 0.5) is 5.00 Å². The smallest absolute Gasteiger partial charge is 0.341 e. The zero-order valence-corrected chi connectivity index (χ0v) is 24.0. The van der Waals surface area contributed by atoms with Gasteiger partial charge < -0.3 is 19.1 Å². The Hall–Kier alpha value is -4.44. The normalized spacial score (nSPS) is 22.4. The highest BCUT2D eigenvalue weighted by Gasteiger charge is 2.65. The molecule has 10 heteroatoms. The number of ketones is 1. The van der Waals surface area contributed by atoms with Crippen molar-refractivity contribution < 1.29 is 33.4 Å². The number of thiophene rings is 1. The van der Waals surface area contributed by atoms with E-state index in [9.17, 15) is 19.2 Å². The summed E-state index contributed by atoms with van der Waals surface area (Å²) in [6.07, 6.45) is 3.69. The van der Waals surface area contributed by atoms with Crippen LogP contribution < -0.4 is 14.4 Å². The lowest BCUT2D eigenvalue weighted by atomic mass is 9.83. The number of methoxy groups -OCH3 is 3. The van der Waals surface area contributed by atoms with E-state index >= 15 is 0 Å². The summed E-state index contributed by atoms with van der Waals surface area (Å²) in [6.45, 7) is 3.59. The highest BCUT2D eigenvalue weighted by atomic mass is 32.1. The Morgan fingerprint density at radius 3 is 2.37 bits per heavy atom. The number of esters is 1. The van der Waals surface area contributed by atoms with Crippen molar-refractivity contribution in [1.29, 1.82) is 0 Å². The van der Waals surface area contributed by atoms with Crippen LogP contribution in [0.5, 0.6) is 11.5 Å². The maximum Gasteiger partial charge on any atom is 0.341 e. The number of Topliss-reactive ketones (excluding diaryl/α,β-unsaturated/α-hetero) is 1. The van der Waals surface area contributed by atoms with Crippen molar-refractivity contribution in [2.75, 3.05) is 26.2 Å². The summed E-state index contributed by atoms with van der Waals surface area (Å²) >= 11 is 1.19. The first-order valence-electron chi connectivity index (χ1n) is 13.1. The van der Waals surface area contributed by atoms with Crippen LogP contribution in [-0.2, 0) is 14.3 Å². The number of hydrogen-bond acceptors (Lipinski definition) is 9. The van der Waals surface area contributed by atoms with E-state index in [1.165, 1.54) is 32.7 Å². The molecule has 6 rings (SSSR count). The van der Waals surface area contributed by atoms with Crippen LogP contribution in [-0.4, -0.2) is 55.8 Å².